The number of carboxylic acid groups (broad SMARTS) is 1. The Hall–Kier alpha value is -1.85. The Kier molecular flexibility index (Phi) is 5.36. The van der Waals surface area contributed by atoms with Gasteiger partial charge < -0.3 is 10.0 Å². The second-order valence-corrected chi connectivity index (χ2v) is 5.80. The van der Waals surface area contributed by atoms with Gasteiger partial charge in [0.05, 0.1) is 11.9 Å². The van der Waals surface area contributed by atoms with E-state index in [0.29, 0.717) is 19.4 Å². The molecule has 2 heterocycles. The Labute approximate surface area is 124 Å². The minimum atomic E-state index is -0.801. The molecule has 116 valence electrons. The van der Waals surface area contributed by atoms with Gasteiger partial charge in [-0.2, -0.15) is 5.10 Å². The van der Waals surface area contributed by atoms with Crippen LogP contribution in [-0.4, -0.2) is 33.9 Å². The third kappa shape index (κ3) is 4.58. The summed E-state index contributed by atoms with van der Waals surface area (Å²) in [6, 6.07) is 1.64. The Balaban J connectivity index is 1.91. The highest BCUT2D eigenvalue weighted by molar-refractivity contribution is 5.66. The van der Waals surface area contributed by atoms with E-state index < -0.39 is 5.97 Å². The Bertz CT molecular complexity index is 533. The van der Waals surface area contributed by atoms with Gasteiger partial charge in [-0.3, -0.25) is 9.59 Å². The Morgan fingerprint density at radius 3 is 2.71 bits per heavy atom. The number of carbonyl (C=O) groups is 1. The molecule has 1 aromatic heterocycles. The van der Waals surface area contributed by atoms with Gasteiger partial charge in [0.15, 0.2) is 0 Å². The zero-order valence-electron chi connectivity index (χ0n) is 12.5. The van der Waals surface area contributed by atoms with E-state index in [4.69, 9.17) is 5.11 Å². The summed E-state index contributed by atoms with van der Waals surface area (Å²) in [6.07, 6.45) is 5.40. The zero-order valence-corrected chi connectivity index (χ0v) is 12.5. The lowest BCUT2D eigenvalue weighted by Crippen LogP contribution is -2.34. The number of rotatable bonds is 6. The van der Waals surface area contributed by atoms with E-state index in [2.05, 4.69) is 16.9 Å². The van der Waals surface area contributed by atoms with Crippen molar-refractivity contribution in [2.24, 2.45) is 5.92 Å². The predicted octanol–water partition coefficient (Wildman–Crippen LogP) is 1.73. The summed E-state index contributed by atoms with van der Waals surface area (Å²) in [4.78, 5) is 24.7. The Morgan fingerprint density at radius 1 is 1.38 bits per heavy atom. The maximum absolute atomic E-state index is 12.0. The molecule has 1 N–H and O–H groups in total. The molecule has 1 saturated heterocycles. The molecule has 0 atom stereocenters. The van der Waals surface area contributed by atoms with Crippen LogP contribution in [0.4, 0.5) is 5.69 Å². The fraction of sp³-hybridized carbons (Fsp3) is 0.667. The van der Waals surface area contributed by atoms with Gasteiger partial charge in [0.2, 0.25) is 0 Å². The smallest absolute Gasteiger partial charge is 0.303 e. The molecule has 1 aromatic rings. The molecule has 21 heavy (non-hydrogen) atoms. The summed E-state index contributed by atoms with van der Waals surface area (Å²) in [5, 5.41) is 12.8. The molecule has 0 bridgehead atoms. The van der Waals surface area contributed by atoms with Gasteiger partial charge in [-0.15, -0.1) is 0 Å². The van der Waals surface area contributed by atoms with Gasteiger partial charge in [0.1, 0.15) is 0 Å². The fourth-order valence-electron chi connectivity index (χ4n) is 2.57. The lowest BCUT2D eigenvalue weighted by molar-refractivity contribution is -0.137. The number of aliphatic carboxylic acids is 1. The number of hydrogen-bond acceptors (Lipinski definition) is 4. The number of unbranched alkanes of at least 4 members (excludes halogenated alkanes) is 1. The van der Waals surface area contributed by atoms with Crippen LogP contribution in [0.3, 0.4) is 0 Å². The zero-order chi connectivity index (χ0) is 15.2. The van der Waals surface area contributed by atoms with Gasteiger partial charge >= 0.3 is 5.97 Å². The largest absolute Gasteiger partial charge is 0.481 e. The van der Waals surface area contributed by atoms with Crippen LogP contribution in [0, 0.1) is 5.92 Å². The molecule has 0 saturated carbocycles. The van der Waals surface area contributed by atoms with Gasteiger partial charge in [0, 0.05) is 32.1 Å². The molecule has 1 fully saturated rings. The molecule has 0 amide bonds. The molecule has 0 aliphatic carbocycles. The van der Waals surface area contributed by atoms with Gasteiger partial charge in [-0.1, -0.05) is 6.92 Å². The standard InChI is InChI=1S/C15H23N3O3/c1-12-5-8-17(9-6-12)13-10-14(19)18(16-11-13)7-3-2-4-15(20)21/h10-12H,2-9H2,1H3,(H,20,21). The molecule has 1 aliphatic rings. The van der Waals surface area contributed by atoms with E-state index in [1.54, 1.807) is 12.3 Å². The number of anilines is 1. The van der Waals surface area contributed by atoms with Crippen LogP contribution in [0.15, 0.2) is 17.1 Å². The molecule has 0 aromatic carbocycles. The summed E-state index contributed by atoms with van der Waals surface area (Å²) in [5.74, 6) is -0.0474. The van der Waals surface area contributed by atoms with Crippen LogP contribution >= 0.6 is 0 Å². The molecule has 0 radical (unpaired) electrons. The van der Waals surface area contributed by atoms with Crippen LogP contribution < -0.4 is 10.5 Å². The van der Waals surface area contributed by atoms with Crippen molar-refractivity contribution in [2.75, 3.05) is 18.0 Å². The van der Waals surface area contributed by atoms with Crippen molar-refractivity contribution in [3.8, 4) is 0 Å². The van der Waals surface area contributed by atoms with Gasteiger partial charge in [-0.25, -0.2) is 4.68 Å². The highest BCUT2D eigenvalue weighted by Crippen LogP contribution is 2.20. The topological polar surface area (TPSA) is 75.4 Å². The molecule has 6 heteroatoms. The van der Waals surface area contributed by atoms with Crippen LogP contribution in [-0.2, 0) is 11.3 Å². The van der Waals surface area contributed by atoms with Crippen LogP contribution in [0.25, 0.3) is 0 Å². The first kappa shape index (κ1) is 15.5. The average molecular weight is 293 g/mol. The van der Waals surface area contributed by atoms with E-state index in [-0.39, 0.29) is 12.0 Å². The molecular formula is C15H23N3O3. The van der Waals surface area contributed by atoms with Crippen LogP contribution in [0.2, 0.25) is 0 Å². The first-order valence-electron chi connectivity index (χ1n) is 7.60. The summed E-state index contributed by atoms with van der Waals surface area (Å²) >= 11 is 0. The average Bonchev–Trinajstić information content (AvgIpc) is 2.45. The number of aryl methyl sites for hydroxylation is 1. The molecule has 1 aliphatic heterocycles. The summed E-state index contributed by atoms with van der Waals surface area (Å²) in [7, 11) is 0. The third-order valence-electron chi connectivity index (χ3n) is 4.01. The minimum Gasteiger partial charge on any atom is -0.481 e. The lowest BCUT2D eigenvalue weighted by atomic mass is 9.99. The maximum Gasteiger partial charge on any atom is 0.303 e. The predicted molar refractivity (Wildman–Crippen MR) is 80.6 cm³/mol. The van der Waals surface area contributed by atoms with Gasteiger partial charge in [0.25, 0.3) is 5.56 Å². The lowest BCUT2D eigenvalue weighted by Gasteiger charge is -2.31. The highest BCUT2D eigenvalue weighted by atomic mass is 16.4. The molecular weight excluding hydrogens is 270 g/mol. The number of piperidine rings is 1. The van der Waals surface area contributed by atoms with Crippen molar-refractivity contribution in [3.05, 3.63) is 22.6 Å². The first-order valence-corrected chi connectivity index (χ1v) is 7.60. The summed E-state index contributed by atoms with van der Waals surface area (Å²) in [6.45, 7) is 4.68. The van der Waals surface area contributed by atoms with E-state index >= 15 is 0 Å². The molecule has 2 rings (SSSR count). The maximum atomic E-state index is 12.0. The van der Waals surface area contributed by atoms with E-state index in [1.807, 2.05) is 0 Å². The van der Waals surface area contributed by atoms with Crippen LogP contribution in [0.1, 0.15) is 39.0 Å². The van der Waals surface area contributed by atoms with Crippen molar-refractivity contribution < 1.29 is 9.90 Å². The molecule has 0 spiro atoms. The minimum absolute atomic E-state index is 0.110. The number of hydrogen-bond donors (Lipinski definition) is 1. The second-order valence-electron chi connectivity index (χ2n) is 5.80. The first-order chi connectivity index (χ1) is 10.1. The second kappa shape index (κ2) is 7.24. The van der Waals surface area contributed by atoms with Crippen LogP contribution in [0.5, 0.6) is 0 Å². The fourth-order valence-corrected chi connectivity index (χ4v) is 2.57. The summed E-state index contributed by atoms with van der Waals surface area (Å²) < 4.78 is 1.41. The number of carboxylic acids is 1. The monoisotopic (exact) mass is 293 g/mol. The summed E-state index contributed by atoms with van der Waals surface area (Å²) in [5.41, 5.74) is 0.787. The van der Waals surface area contributed by atoms with Crippen molar-refractivity contribution in [1.82, 2.24) is 9.78 Å². The number of nitrogens with zero attached hydrogens (tertiary/aromatic N) is 3. The normalized spacial score (nSPS) is 16.1. The quantitative estimate of drug-likeness (QED) is 0.808. The highest BCUT2D eigenvalue weighted by Gasteiger charge is 2.16. The van der Waals surface area contributed by atoms with Crippen molar-refractivity contribution in [1.29, 1.82) is 0 Å². The third-order valence-corrected chi connectivity index (χ3v) is 4.01. The van der Waals surface area contributed by atoms with Crippen molar-refractivity contribution >= 4 is 11.7 Å². The molecule has 0 unspecified atom stereocenters. The SMILES string of the molecule is CC1CCN(c2cnn(CCCCC(=O)O)c(=O)c2)CC1. The molecule has 6 nitrogen and oxygen atoms in total. The Morgan fingerprint density at radius 2 is 2.10 bits per heavy atom. The van der Waals surface area contributed by atoms with E-state index in [1.165, 1.54) is 4.68 Å². The van der Waals surface area contributed by atoms with Crippen molar-refractivity contribution in [2.45, 2.75) is 45.6 Å². The van der Waals surface area contributed by atoms with Gasteiger partial charge in [-0.05, 0) is 31.6 Å². The van der Waals surface area contributed by atoms with E-state index in [9.17, 15) is 9.59 Å². The van der Waals surface area contributed by atoms with E-state index in [0.717, 1.165) is 37.5 Å². The number of aromatic nitrogens is 2. The van der Waals surface area contributed by atoms with Crippen molar-refractivity contribution in [3.63, 3.8) is 0 Å².